The van der Waals surface area contributed by atoms with Crippen molar-refractivity contribution < 1.29 is 9.53 Å². The Morgan fingerprint density at radius 1 is 1.35 bits per heavy atom. The number of hydrogen-bond acceptors (Lipinski definition) is 6. The number of amides is 1. The van der Waals surface area contributed by atoms with E-state index >= 15 is 0 Å². The molecule has 0 saturated carbocycles. The Hall–Kier alpha value is -2.15. The Balaban J connectivity index is 2.02. The molecule has 1 aromatic carbocycles. The van der Waals surface area contributed by atoms with Gasteiger partial charge in [0.1, 0.15) is 5.75 Å². The van der Waals surface area contributed by atoms with Gasteiger partial charge in [-0.15, -0.1) is 10.2 Å². The molecule has 1 N–H and O–H groups in total. The van der Waals surface area contributed by atoms with Crippen LogP contribution in [0.4, 0.5) is 5.13 Å². The lowest BCUT2D eigenvalue weighted by Gasteiger charge is -2.15. The number of carbonyl (C=O) groups excluding carboxylic acids is 1. The van der Waals surface area contributed by atoms with Gasteiger partial charge in [-0.05, 0) is 17.7 Å². The molecular weight excluding hydrogens is 276 g/mol. The summed E-state index contributed by atoms with van der Waals surface area (Å²) >= 11 is 1.24. The minimum absolute atomic E-state index is 0.139. The zero-order valence-electron chi connectivity index (χ0n) is 11.6. The van der Waals surface area contributed by atoms with E-state index in [1.54, 1.807) is 26.1 Å². The number of aromatic nitrogens is 2. The molecule has 20 heavy (non-hydrogen) atoms. The maximum absolute atomic E-state index is 12.2. The summed E-state index contributed by atoms with van der Waals surface area (Å²) in [5.41, 5.74) is 1.03. The summed E-state index contributed by atoms with van der Waals surface area (Å²) in [5, 5.41) is 11.6. The summed E-state index contributed by atoms with van der Waals surface area (Å²) < 4.78 is 5.10. The van der Waals surface area contributed by atoms with Crippen LogP contribution in [0.1, 0.15) is 15.4 Å². The van der Waals surface area contributed by atoms with E-state index in [0.717, 1.165) is 11.3 Å². The van der Waals surface area contributed by atoms with Crippen molar-refractivity contribution in [3.63, 3.8) is 0 Å². The van der Waals surface area contributed by atoms with Gasteiger partial charge in [0.2, 0.25) is 10.1 Å². The second kappa shape index (κ2) is 6.33. The monoisotopic (exact) mass is 292 g/mol. The normalized spacial score (nSPS) is 10.2. The van der Waals surface area contributed by atoms with Gasteiger partial charge in [-0.1, -0.05) is 23.5 Å². The van der Waals surface area contributed by atoms with Gasteiger partial charge >= 0.3 is 0 Å². The first-order valence-electron chi connectivity index (χ1n) is 6.03. The number of nitrogens with one attached hydrogen (secondary N) is 1. The van der Waals surface area contributed by atoms with Gasteiger partial charge in [0.15, 0.2) is 0 Å². The average molecular weight is 292 g/mol. The molecule has 6 nitrogen and oxygen atoms in total. The van der Waals surface area contributed by atoms with E-state index in [1.807, 2.05) is 24.3 Å². The molecule has 0 spiro atoms. The maximum atomic E-state index is 12.2. The van der Waals surface area contributed by atoms with Crippen LogP contribution < -0.4 is 10.1 Å². The van der Waals surface area contributed by atoms with Gasteiger partial charge < -0.3 is 15.0 Å². The Morgan fingerprint density at radius 3 is 2.60 bits per heavy atom. The minimum Gasteiger partial charge on any atom is -0.497 e. The van der Waals surface area contributed by atoms with Gasteiger partial charge in [0, 0.05) is 20.6 Å². The lowest BCUT2D eigenvalue weighted by Crippen LogP contribution is -2.26. The largest absolute Gasteiger partial charge is 0.497 e. The zero-order chi connectivity index (χ0) is 14.5. The third-order valence-electron chi connectivity index (χ3n) is 2.75. The van der Waals surface area contributed by atoms with Crippen LogP contribution in [0.3, 0.4) is 0 Å². The summed E-state index contributed by atoms with van der Waals surface area (Å²) in [6.07, 6.45) is 0. The molecule has 0 aliphatic carbocycles. The van der Waals surface area contributed by atoms with Gasteiger partial charge in [0.05, 0.1) is 7.11 Å². The highest BCUT2D eigenvalue weighted by Gasteiger charge is 2.17. The summed E-state index contributed by atoms with van der Waals surface area (Å²) in [4.78, 5) is 13.8. The van der Waals surface area contributed by atoms with E-state index in [0.29, 0.717) is 16.7 Å². The van der Waals surface area contributed by atoms with Crippen LogP contribution in [0, 0.1) is 0 Å². The van der Waals surface area contributed by atoms with E-state index < -0.39 is 0 Å². The van der Waals surface area contributed by atoms with E-state index in [-0.39, 0.29) is 5.91 Å². The van der Waals surface area contributed by atoms with Crippen LogP contribution in [0.2, 0.25) is 0 Å². The molecule has 2 aromatic rings. The van der Waals surface area contributed by atoms with E-state index in [4.69, 9.17) is 4.74 Å². The molecule has 7 heteroatoms. The van der Waals surface area contributed by atoms with Crippen LogP contribution in [-0.4, -0.2) is 42.2 Å². The van der Waals surface area contributed by atoms with Crippen LogP contribution in [0.25, 0.3) is 0 Å². The van der Waals surface area contributed by atoms with Crippen molar-refractivity contribution in [3.05, 3.63) is 34.8 Å². The predicted molar refractivity (Wildman–Crippen MR) is 78.2 cm³/mol. The lowest BCUT2D eigenvalue weighted by atomic mass is 10.2. The topological polar surface area (TPSA) is 67.4 Å². The van der Waals surface area contributed by atoms with Crippen molar-refractivity contribution >= 4 is 22.4 Å². The number of ether oxygens (including phenoxy) is 1. The van der Waals surface area contributed by atoms with Crippen LogP contribution in [0.5, 0.6) is 5.75 Å². The van der Waals surface area contributed by atoms with Crippen molar-refractivity contribution in [1.29, 1.82) is 0 Å². The fourth-order valence-electron chi connectivity index (χ4n) is 1.65. The maximum Gasteiger partial charge on any atom is 0.284 e. The van der Waals surface area contributed by atoms with Gasteiger partial charge in [-0.25, -0.2) is 0 Å². The van der Waals surface area contributed by atoms with Crippen LogP contribution in [0.15, 0.2) is 24.3 Å². The Labute approximate surface area is 121 Å². The predicted octanol–water partition coefficient (Wildman–Crippen LogP) is 1.86. The number of benzene rings is 1. The fourth-order valence-corrected chi connectivity index (χ4v) is 2.34. The van der Waals surface area contributed by atoms with E-state index in [2.05, 4.69) is 15.5 Å². The quantitative estimate of drug-likeness (QED) is 0.911. The highest BCUT2D eigenvalue weighted by molar-refractivity contribution is 7.17. The molecule has 1 aromatic heterocycles. The summed E-state index contributed by atoms with van der Waals surface area (Å²) in [7, 11) is 5.11. The number of rotatable bonds is 5. The molecule has 0 fully saturated rings. The molecule has 2 rings (SSSR count). The van der Waals surface area contributed by atoms with E-state index in [1.165, 1.54) is 11.3 Å². The van der Waals surface area contributed by atoms with E-state index in [9.17, 15) is 4.79 Å². The first-order valence-corrected chi connectivity index (χ1v) is 6.85. The summed E-state index contributed by atoms with van der Waals surface area (Å²) in [6.45, 7) is 0.511. The van der Waals surface area contributed by atoms with Gasteiger partial charge in [0.25, 0.3) is 5.91 Å². The van der Waals surface area contributed by atoms with Crippen molar-refractivity contribution in [2.75, 3.05) is 26.5 Å². The van der Waals surface area contributed by atoms with Crippen molar-refractivity contribution in [2.24, 2.45) is 0 Å². The first-order chi connectivity index (χ1) is 9.63. The molecule has 1 amide bonds. The number of anilines is 1. The number of hydrogen-bond donors (Lipinski definition) is 1. The lowest BCUT2D eigenvalue weighted by molar-refractivity contribution is 0.0784. The number of methoxy groups -OCH3 is 1. The van der Waals surface area contributed by atoms with Crippen molar-refractivity contribution in [2.45, 2.75) is 6.54 Å². The zero-order valence-corrected chi connectivity index (χ0v) is 12.4. The average Bonchev–Trinajstić information content (AvgIpc) is 2.96. The molecule has 0 saturated heterocycles. The number of carbonyl (C=O) groups is 1. The minimum atomic E-state index is -0.139. The van der Waals surface area contributed by atoms with Gasteiger partial charge in [-0.3, -0.25) is 4.79 Å². The molecule has 106 valence electrons. The Bertz CT molecular complexity index is 582. The van der Waals surface area contributed by atoms with Crippen LogP contribution in [-0.2, 0) is 6.54 Å². The van der Waals surface area contributed by atoms with Gasteiger partial charge in [-0.2, -0.15) is 0 Å². The molecule has 0 aliphatic heterocycles. The number of nitrogens with zero attached hydrogens (tertiary/aromatic N) is 3. The standard InChI is InChI=1S/C13H16N4O2S/c1-14-13-16-15-11(20-13)12(18)17(2)8-9-4-6-10(19-3)7-5-9/h4-7H,8H2,1-3H3,(H,14,16). The molecule has 0 atom stereocenters. The molecule has 0 aliphatic rings. The first kappa shape index (κ1) is 14.3. The Kier molecular flexibility index (Phi) is 4.52. The summed E-state index contributed by atoms with van der Waals surface area (Å²) in [5.74, 6) is 0.658. The van der Waals surface area contributed by atoms with Crippen molar-refractivity contribution in [3.8, 4) is 5.75 Å². The molecular formula is C13H16N4O2S. The second-order valence-electron chi connectivity index (χ2n) is 4.17. The molecule has 0 unspecified atom stereocenters. The smallest absolute Gasteiger partial charge is 0.284 e. The highest BCUT2D eigenvalue weighted by Crippen LogP contribution is 2.17. The Morgan fingerprint density at radius 2 is 2.05 bits per heavy atom. The molecule has 0 radical (unpaired) electrons. The molecule has 1 heterocycles. The summed E-state index contributed by atoms with van der Waals surface area (Å²) in [6, 6.07) is 7.61. The highest BCUT2D eigenvalue weighted by atomic mass is 32.1. The van der Waals surface area contributed by atoms with Crippen molar-refractivity contribution in [1.82, 2.24) is 15.1 Å². The second-order valence-corrected chi connectivity index (χ2v) is 5.15. The van der Waals surface area contributed by atoms with Crippen LogP contribution >= 0.6 is 11.3 Å². The molecule has 0 bridgehead atoms. The SMILES string of the molecule is CNc1nnc(C(=O)N(C)Cc2ccc(OC)cc2)s1. The fraction of sp³-hybridized carbons (Fsp3) is 0.308. The third-order valence-corrected chi connectivity index (χ3v) is 3.68. The third kappa shape index (κ3) is 3.24.